The van der Waals surface area contributed by atoms with Gasteiger partial charge in [0.25, 0.3) is 0 Å². The molecule has 1 fully saturated rings. The van der Waals surface area contributed by atoms with Gasteiger partial charge in [-0.25, -0.2) is 13.4 Å². The molecule has 6 heteroatoms. The summed E-state index contributed by atoms with van der Waals surface area (Å²) in [6.07, 6.45) is 2.02. The molecule has 1 N–H and O–H groups in total. The first kappa shape index (κ1) is 9.67. The van der Waals surface area contributed by atoms with Crippen molar-refractivity contribution in [3.63, 3.8) is 0 Å². The number of rotatable bonds is 2. The van der Waals surface area contributed by atoms with Gasteiger partial charge < -0.3 is 9.52 Å². The van der Waals surface area contributed by atoms with Crippen molar-refractivity contribution in [3.8, 4) is 0 Å². The summed E-state index contributed by atoms with van der Waals surface area (Å²) in [5.41, 5.74) is 0.634. The van der Waals surface area contributed by atoms with Gasteiger partial charge in [-0.15, -0.1) is 0 Å². The smallest absolute Gasteiger partial charge is 0.219 e. The Morgan fingerprint density at radius 3 is 2.93 bits per heavy atom. The van der Waals surface area contributed by atoms with Gasteiger partial charge in [-0.05, 0) is 6.42 Å². The fourth-order valence-electron chi connectivity index (χ4n) is 1.61. The van der Waals surface area contributed by atoms with Crippen LogP contribution in [-0.4, -0.2) is 30.0 Å². The van der Waals surface area contributed by atoms with Crippen LogP contribution in [0.15, 0.2) is 10.7 Å². The molecule has 2 rings (SSSR count). The summed E-state index contributed by atoms with van der Waals surface area (Å²) in [6.45, 7) is -0.251. The fraction of sp³-hybridized carbons (Fsp3) is 0.625. The Hall–Kier alpha value is -0.880. The molecule has 0 bridgehead atoms. The predicted molar refractivity (Wildman–Crippen MR) is 48.4 cm³/mol. The molecule has 1 unspecified atom stereocenters. The molecule has 0 amide bonds. The van der Waals surface area contributed by atoms with Crippen LogP contribution in [0.1, 0.15) is 23.9 Å². The Bertz CT molecular complexity index is 422. The van der Waals surface area contributed by atoms with Gasteiger partial charge in [-0.2, -0.15) is 0 Å². The van der Waals surface area contributed by atoms with Crippen molar-refractivity contribution in [2.75, 3.05) is 11.5 Å². The molecule has 0 saturated carbocycles. The number of aliphatic hydroxyl groups is 1. The second-order valence-corrected chi connectivity index (χ2v) is 5.65. The zero-order valence-corrected chi connectivity index (χ0v) is 8.33. The number of sulfone groups is 1. The maximum atomic E-state index is 11.2. The summed E-state index contributed by atoms with van der Waals surface area (Å²) in [4.78, 5) is 4.00. The lowest BCUT2D eigenvalue weighted by atomic mass is 10.1. The largest absolute Gasteiger partial charge is 0.446 e. The van der Waals surface area contributed by atoms with Gasteiger partial charge >= 0.3 is 0 Å². The Morgan fingerprint density at radius 2 is 2.43 bits per heavy atom. The number of hydrogen-bond acceptors (Lipinski definition) is 5. The number of aromatic nitrogens is 1. The van der Waals surface area contributed by atoms with E-state index in [4.69, 9.17) is 9.52 Å². The molecular weight excluding hydrogens is 206 g/mol. The Balaban J connectivity index is 2.17. The van der Waals surface area contributed by atoms with E-state index in [0.29, 0.717) is 12.1 Å². The van der Waals surface area contributed by atoms with E-state index in [1.807, 2.05) is 0 Å². The quantitative estimate of drug-likeness (QED) is 0.758. The van der Waals surface area contributed by atoms with Crippen molar-refractivity contribution in [2.24, 2.45) is 0 Å². The van der Waals surface area contributed by atoms with E-state index < -0.39 is 9.84 Å². The Kier molecular flexibility index (Phi) is 2.32. The minimum Gasteiger partial charge on any atom is -0.446 e. The molecular formula is C8H11NO4S. The van der Waals surface area contributed by atoms with Crippen molar-refractivity contribution in [1.82, 2.24) is 4.98 Å². The minimum absolute atomic E-state index is 0.0657. The van der Waals surface area contributed by atoms with Crippen LogP contribution >= 0.6 is 0 Å². The number of aliphatic hydroxyl groups excluding tert-OH is 1. The summed E-state index contributed by atoms with van der Waals surface area (Å²) >= 11 is 0. The van der Waals surface area contributed by atoms with Crippen LogP contribution in [0.5, 0.6) is 0 Å². The van der Waals surface area contributed by atoms with Gasteiger partial charge in [-0.3, -0.25) is 0 Å². The normalized spacial score (nSPS) is 25.4. The summed E-state index contributed by atoms with van der Waals surface area (Å²) in [6, 6.07) is 0. The van der Waals surface area contributed by atoms with E-state index >= 15 is 0 Å². The van der Waals surface area contributed by atoms with Crippen LogP contribution in [0.3, 0.4) is 0 Å². The number of oxazole rings is 1. The van der Waals surface area contributed by atoms with Crippen LogP contribution in [0.2, 0.25) is 0 Å². The summed E-state index contributed by atoms with van der Waals surface area (Å²) in [7, 11) is -2.89. The summed E-state index contributed by atoms with van der Waals surface area (Å²) in [5, 5.41) is 8.72. The monoisotopic (exact) mass is 217 g/mol. The van der Waals surface area contributed by atoms with Crippen molar-refractivity contribution in [1.29, 1.82) is 0 Å². The molecule has 1 atom stereocenters. The van der Waals surface area contributed by atoms with Gasteiger partial charge in [0.05, 0.1) is 17.2 Å². The topological polar surface area (TPSA) is 80.4 Å². The van der Waals surface area contributed by atoms with E-state index in [-0.39, 0.29) is 29.9 Å². The van der Waals surface area contributed by atoms with E-state index in [1.165, 1.54) is 6.26 Å². The molecule has 1 saturated heterocycles. The van der Waals surface area contributed by atoms with Crippen molar-refractivity contribution < 1.29 is 17.9 Å². The van der Waals surface area contributed by atoms with Gasteiger partial charge in [0.15, 0.2) is 9.84 Å². The van der Waals surface area contributed by atoms with Crippen molar-refractivity contribution in [2.45, 2.75) is 18.9 Å². The minimum atomic E-state index is -2.89. The van der Waals surface area contributed by atoms with E-state index in [0.717, 1.165) is 0 Å². The lowest BCUT2D eigenvalue weighted by Gasteiger charge is -1.99. The Morgan fingerprint density at radius 1 is 1.64 bits per heavy atom. The third-order valence-corrected chi connectivity index (χ3v) is 4.12. The van der Waals surface area contributed by atoms with Gasteiger partial charge in [0.2, 0.25) is 5.89 Å². The maximum absolute atomic E-state index is 11.2. The molecule has 1 aliphatic rings. The van der Waals surface area contributed by atoms with Crippen LogP contribution < -0.4 is 0 Å². The first-order valence-electron chi connectivity index (χ1n) is 4.36. The SMILES string of the molecule is O=S1(=O)CCC(c2coc(CO)n2)C1. The first-order chi connectivity index (χ1) is 6.61. The average Bonchev–Trinajstić information content (AvgIpc) is 2.70. The molecule has 5 nitrogen and oxygen atoms in total. The number of hydrogen-bond donors (Lipinski definition) is 1. The summed E-state index contributed by atoms with van der Waals surface area (Å²) in [5.74, 6) is 0.539. The predicted octanol–water partition coefficient (Wildman–Crippen LogP) is 0.0690. The molecule has 0 spiro atoms. The van der Waals surface area contributed by atoms with E-state index in [1.54, 1.807) is 0 Å². The third-order valence-electron chi connectivity index (χ3n) is 2.36. The van der Waals surface area contributed by atoms with E-state index in [2.05, 4.69) is 4.98 Å². The summed E-state index contributed by atoms with van der Waals surface area (Å²) < 4.78 is 27.3. The molecule has 1 aromatic heterocycles. The third kappa shape index (κ3) is 1.80. The lowest BCUT2D eigenvalue weighted by molar-refractivity contribution is 0.240. The number of nitrogens with zero attached hydrogens (tertiary/aromatic N) is 1. The molecule has 1 aromatic rings. The molecule has 14 heavy (non-hydrogen) atoms. The highest BCUT2D eigenvalue weighted by Gasteiger charge is 2.30. The zero-order chi connectivity index (χ0) is 10.2. The van der Waals surface area contributed by atoms with Gasteiger partial charge in [0, 0.05) is 5.92 Å². The molecule has 0 aliphatic carbocycles. The van der Waals surface area contributed by atoms with Gasteiger partial charge in [-0.1, -0.05) is 0 Å². The second-order valence-electron chi connectivity index (χ2n) is 3.42. The molecule has 78 valence electrons. The van der Waals surface area contributed by atoms with Crippen molar-refractivity contribution in [3.05, 3.63) is 17.8 Å². The van der Waals surface area contributed by atoms with Gasteiger partial charge in [0.1, 0.15) is 12.9 Å². The van der Waals surface area contributed by atoms with Crippen molar-refractivity contribution >= 4 is 9.84 Å². The van der Waals surface area contributed by atoms with Crippen LogP contribution in [0.25, 0.3) is 0 Å². The van der Waals surface area contributed by atoms with Crippen LogP contribution in [-0.2, 0) is 16.4 Å². The molecule has 2 heterocycles. The average molecular weight is 217 g/mol. The molecule has 0 radical (unpaired) electrons. The standard InChI is InChI=1S/C8H11NO4S/c10-3-8-9-7(4-13-8)6-1-2-14(11,12)5-6/h4,6,10H,1-3,5H2. The lowest BCUT2D eigenvalue weighted by Crippen LogP contribution is -2.04. The van der Waals surface area contributed by atoms with E-state index in [9.17, 15) is 8.42 Å². The highest BCUT2D eigenvalue weighted by molar-refractivity contribution is 7.91. The van der Waals surface area contributed by atoms with Crippen LogP contribution in [0, 0.1) is 0 Å². The molecule has 0 aromatic carbocycles. The zero-order valence-electron chi connectivity index (χ0n) is 7.51. The molecule has 1 aliphatic heterocycles. The Labute approximate surface area is 81.7 Å². The highest BCUT2D eigenvalue weighted by atomic mass is 32.2. The second kappa shape index (κ2) is 3.36. The highest BCUT2D eigenvalue weighted by Crippen LogP contribution is 2.28. The maximum Gasteiger partial charge on any atom is 0.219 e. The first-order valence-corrected chi connectivity index (χ1v) is 6.18. The fourth-order valence-corrected chi connectivity index (χ4v) is 3.37. The van der Waals surface area contributed by atoms with Crippen LogP contribution in [0.4, 0.5) is 0 Å².